The zero-order valence-electron chi connectivity index (χ0n) is 23.0. The van der Waals surface area contributed by atoms with Crippen molar-refractivity contribution in [3.8, 4) is 45.4 Å². The highest BCUT2D eigenvalue weighted by Crippen LogP contribution is 2.46. The molecular formula is C32H33NO6. The monoisotopic (exact) mass is 527 g/mol. The molecule has 0 unspecified atom stereocenters. The Bertz CT molecular complexity index is 1510. The van der Waals surface area contributed by atoms with Crippen LogP contribution >= 0.6 is 0 Å². The van der Waals surface area contributed by atoms with Gasteiger partial charge in [-0.2, -0.15) is 0 Å². The molecule has 1 aliphatic rings. The van der Waals surface area contributed by atoms with Gasteiger partial charge in [0.05, 0.1) is 39.2 Å². The summed E-state index contributed by atoms with van der Waals surface area (Å²) < 4.78 is 30.7. The molecule has 0 fully saturated rings. The summed E-state index contributed by atoms with van der Waals surface area (Å²) in [6, 6.07) is 19.7. The van der Waals surface area contributed by atoms with Gasteiger partial charge in [-0.1, -0.05) is 36.4 Å². The van der Waals surface area contributed by atoms with Crippen LogP contribution in [0.5, 0.6) is 23.0 Å². The maximum atomic E-state index is 13.5. The molecule has 1 aliphatic heterocycles. The van der Waals surface area contributed by atoms with E-state index in [0.717, 1.165) is 52.2 Å². The zero-order valence-corrected chi connectivity index (χ0v) is 23.0. The summed E-state index contributed by atoms with van der Waals surface area (Å²) in [4.78, 5) is 13.5. The van der Waals surface area contributed by atoms with E-state index in [4.69, 9.17) is 23.7 Å². The highest BCUT2D eigenvalue weighted by molar-refractivity contribution is 6.05. The van der Waals surface area contributed by atoms with Crippen molar-refractivity contribution in [1.82, 2.24) is 4.57 Å². The van der Waals surface area contributed by atoms with Crippen LogP contribution in [0.15, 0.2) is 60.7 Å². The van der Waals surface area contributed by atoms with Crippen molar-refractivity contribution in [1.29, 1.82) is 0 Å². The highest BCUT2D eigenvalue weighted by Gasteiger charge is 2.32. The first kappa shape index (κ1) is 26.2. The molecule has 2 heterocycles. The standard InChI is InChI=1S/C32H33NO6/c1-6-38-32(34)30-29(23-12-13-25(26(17-23)35-3)39-19-21-10-8-7-9-11-21)20(2)33-15-14-22-16-27(36-4)28(37-5)18-24(22)31(30)33/h7-13,16-18H,6,14-15,19H2,1-5H3. The fourth-order valence-electron chi connectivity index (χ4n) is 5.31. The van der Waals surface area contributed by atoms with Crippen LogP contribution in [0.4, 0.5) is 0 Å². The molecule has 0 bridgehead atoms. The molecule has 7 heteroatoms. The normalized spacial score (nSPS) is 11.8. The average molecular weight is 528 g/mol. The summed E-state index contributed by atoms with van der Waals surface area (Å²) in [6.45, 7) is 5.28. The van der Waals surface area contributed by atoms with E-state index >= 15 is 0 Å². The molecule has 0 spiro atoms. The van der Waals surface area contributed by atoms with Crippen LogP contribution in [-0.2, 0) is 24.3 Å². The third kappa shape index (κ3) is 4.80. The summed E-state index contributed by atoms with van der Waals surface area (Å²) in [5, 5.41) is 0. The number of ether oxygens (including phenoxy) is 5. The fraction of sp³-hybridized carbons (Fsp3) is 0.281. The van der Waals surface area contributed by atoms with Crippen LogP contribution in [0, 0.1) is 6.92 Å². The Hall–Kier alpha value is -4.39. The van der Waals surface area contributed by atoms with Gasteiger partial charge in [0.2, 0.25) is 0 Å². The molecule has 5 rings (SSSR count). The van der Waals surface area contributed by atoms with Crippen LogP contribution < -0.4 is 18.9 Å². The quantitative estimate of drug-likeness (QED) is 0.233. The molecule has 0 N–H and O–H groups in total. The third-order valence-electron chi connectivity index (χ3n) is 7.16. The molecule has 39 heavy (non-hydrogen) atoms. The number of fused-ring (bicyclic) bond motifs is 3. The lowest BCUT2D eigenvalue weighted by Gasteiger charge is -2.23. The minimum atomic E-state index is -0.365. The van der Waals surface area contributed by atoms with Crippen LogP contribution in [0.1, 0.15) is 34.1 Å². The van der Waals surface area contributed by atoms with Gasteiger partial charge in [-0.25, -0.2) is 4.79 Å². The molecule has 202 valence electrons. The largest absolute Gasteiger partial charge is 0.493 e. The lowest BCUT2D eigenvalue weighted by Crippen LogP contribution is -2.15. The van der Waals surface area contributed by atoms with Gasteiger partial charge in [0.1, 0.15) is 6.61 Å². The van der Waals surface area contributed by atoms with Gasteiger partial charge in [0.25, 0.3) is 0 Å². The van der Waals surface area contributed by atoms with E-state index in [0.29, 0.717) is 35.2 Å². The second-order valence-electron chi connectivity index (χ2n) is 9.31. The first-order valence-electron chi connectivity index (χ1n) is 13.0. The lowest BCUT2D eigenvalue weighted by atomic mass is 9.93. The predicted octanol–water partition coefficient (Wildman–Crippen LogP) is 6.47. The Labute approximate surface area is 228 Å². The molecule has 0 amide bonds. The smallest absolute Gasteiger partial charge is 0.340 e. The molecule has 0 aliphatic carbocycles. The Kier molecular flexibility index (Phi) is 7.50. The number of esters is 1. The fourth-order valence-corrected chi connectivity index (χ4v) is 5.31. The third-order valence-corrected chi connectivity index (χ3v) is 7.16. The van der Waals surface area contributed by atoms with Gasteiger partial charge in [0, 0.05) is 23.4 Å². The summed E-state index contributed by atoms with van der Waals surface area (Å²) >= 11 is 0. The second kappa shape index (κ2) is 11.2. The Morgan fingerprint density at radius 1 is 0.872 bits per heavy atom. The number of carbonyl (C=O) groups is 1. The molecule has 0 saturated carbocycles. The number of carbonyl (C=O) groups excluding carboxylic acids is 1. The average Bonchev–Trinajstić information content (AvgIpc) is 3.28. The van der Waals surface area contributed by atoms with E-state index in [2.05, 4.69) is 4.57 Å². The lowest BCUT2D eigenvalue weighted by molar-refractivity contribution is 0.0528. The summed E-state index contributed by atoms with van der Waals surface area (Å²) in [7, 11) is 4.86. The van der Waals surface area contributed by atoms with Crippen molar-refractivity contribution in [2.45, 2.75) is 33.4 Å². The van der Waals surface area contributed by atoms with E-state index in [1.165, 1.54) is 0 Å². The minimum absolute atomic E-state index is 0.274. The summed E-state index contributed by atoms with van der Waals surface area (Å²) in [5.74, 6) is 2.14. The van der Waals surface area contributed by atoms with E-state index in [1.54, 1.807) is 21.3 Å². The molecule has 7 nitrogen and oxygen atoms in total. The van der Waals surface area contributed by atoms with Gasteiger partial charge in [-0.15, -0.1) is 0 Å². The first-order valence-corrected chi connectivity index (χ1v) is 13.0. The molecule has 0 atom stereocenters. The molecule has 0 radical (unpaired) electrons. The number of nitrogens with zero attached hydrogens (tertiary/aromatic N) is 1. The molecular weight excluding hydrogens is 494 g/mol. The van der Waals surface area contributed by atoms with Crippen molar-refractivity contribution in [3.63, 3.8) is 0 Å². The highest BCUT2D eigenvalue weighted by atomic mass is 16.5. The van der Waals surface area contributed by atoms with E-state index in [9.17, 15) is 4.79 Å². The molecule has 0 saturated heterocycles. The van der Waals surface area contributed by atoms with Crippen LogP contribution in [-0.4, -0.2) is 38.5 Å². The first-order chi connectivity index (χ1) is 19.0. The molecule has 3 aromatic carbocycles. The molecule has 4 aromatic rings. The van der Waals surface area contributed by atoms with Gasteiger partial charge in [-0.3, -0.25) is 0 Å². The van der Waals surface area contributed by atoms with E-state index in [-0.39, 0.29) is 12.6 Å². The predicted molar refractivity (Wildman–Crippen MR) is 150 cm³/mol. The van der Waals surface area contributed by atoms with Gasteiger partial charge in [0.15, 0.2) is 23.0 Å². The van der Waals surface area contributed by atoms with Gasteiger partial charge in [-0.05, 0) is 61.2 Å². The van der Waals surface area contributed by atoms with Crippen LogP contribution in [0.25, 0.3) is 22.4 Å². The van der Waals surface area contributed by atoms with Crippen molar-refractivity contribution in [3.05, 3.63) is 83.0 Å². The summed E-state index contributed by atoms with van der Waals surface area (Å²) in [6.07, 6.45) is 0.801. The second-order valence-corrected chi connectivity index (χ2v) is 9.31. The Morgan fingerprint density at radius 2 is 1.56 bits per heavy atom. The topological polar surface area (TPSA) is 68.2 Å². The van der Waals surface area contributed by atoms with Crippen LogP contribution in [0.3, 0.4) is 0 Å². The summed E-state index contributed by atoms with van der Waals surface area (Å²) in [5.41, 5.74) is 7.10. The minimum Gasteiger partial charge on any atom is -0.493 e. The van der Waals surface area contributed by atoms with Crippen molar-refractivity contribution in [2.24, 2.45) is 0 Å². The van der Waals surface area contributed by atoms with E-state index < -0.39 is 0 Å². The number of hydrogen-bond acceptors (Lipinski definition) is 6. The number of benzene rings is 3. The number of hydrogen-bond donors (Lipinski definition) is 0. The van der Waals surface area contributed by atoms with Gasteiger partial charge < -0.3 is 28.3 Å². The maximum Gasteiger partial charge on any atom is 0.340 e. The Morgan fingerprint density at radius 3 is 2.26 bits per heavy atom. The molecule has 1 aromatic heterocycles. The Balaban J connectivity index is 1.64. The number of methoxy groups -OCH3 is 3. The van der Waals surface area contributed by atoms with Gasteiger partial charge >= 0.3 is 5.97 Å². The maximum absolute atomic E-state index is 13.5. The number of rotatable bonds is 9. The number of aryl methyl sites for hydroxylation is 1. The van der Waals surface area contributed by atoms with Crippen molar-refractivity contribution >= 4 is 5.97 Å². The zero-order chi connectivity index (χ0) is 27.5. The van der Waals surface area contributed by atoms with Crippen molar-refractivity contribution in [2.75, 3.05) is 27.9 Å². The van der Waals surface area contributed by atoms with E-state index in [1.807, 2.05) is 74.5 Å². The van der Waals surface area contributed by atoms with Crippen molar-refractivity contribution < 1.29 is 28.5 Å². The van der Waals surface area contributed by atoms with Crippen LogP contribution in [0.2, 0.25) is 0 Å². The number of aromatic nitrogens is 1. The SMILES string of the molecule is CCOC(=O)c1c(-c2ccc(OCc3ccccc3)c(OC)c2)c(C)n2c1-c1cc(OC)c(OC)cc1CC2.